The van der Waals surface area contributed by atoms with E-state index in [-0.39, 0.29) is 0 Å². The molecular weight excluding hydrogens is 228 g/mol. The van der Waals surface area contributed by atoms with Crippen molar-refractivity contribution in [2.45, 2.75) is 25.4 Å². The first-order chi connectivity index (χ1) is 8.70. The second-order valence-corrected chi connectivity index (χ2v) is 4.68. The number of aryl methyl sites for hydroxylation is 1. The van der Waals surface area contributed by atoms with Crippen LogP contribution in [0.4, 0.5) is 5.69 Å². The average molecular weight is 244 g/mol. The molecule has 0 amide bonds. The number of rotatable bonds is 1. The Morgan fingerprint density at radius 2 is 2.28 bits per heavy atom. The van der Waals surface area contributed by atoms with Crippen molar-refractivity contribution in [3.63, 3.8) is 0 Å². The number of nitrogens with zero attached hydrogens (tertiary/aromatic N) is 1. The first kappa shape index (κ1) is 11.3. The van der Waals surface area contributed by atoms with Crippen molar-refractivity contribution in [1.82, 2.24) is 4.98 Å². The van der Waals surface area contributed by atoms with Gasteiger partial charge in [0.05, 0.1) is 18.7 Å². The van der Waals surface area contributed by atoms with Gasteiger partial charge in [0.15, 0.2) is 0 Å². The molecule has 1 aromatic carbocycles. The molecular formula is C14H16N2O2. The number of aromatic nitrogens is 1. The number of anilines is 1. The highest BCUT2D eigenvalue weighted by Gasteiger charge is 2.23. The van der Waals surface area contributed by atoms with Crippen LogP contribution in [0.5, 0.6) is 5.75 Å². The zero-order valence-corrected chi connectivity index (χ0v) is 10.3. The third-order valence-electron chi connectivity index (χ3n) is 3.57. The van der Waals surface area contributed by atoms with Gasteiger partial charge < -0.3 is 15.6 Å². The van der Waals surface area contributed by atoms with Gasteiger partial charge in [-0.25, -0.2) is 0 Å². The van der Waals surface area contributed by atoms with Crippen molar-refractivity contribution in [3.8, 4) is 5.75 Å². The number of aliphatic hydroxyl groups is 1. The molecule has 1 aliphatic rings. The molecule has 0 fully saturated rings. The minimum absolute atomic E-state index is 0.489. The fourth-order valence-corrected chi connectivity index (χ4v) is 2.63. The van der Waals surface area contributed by atoms with Crippen LogP contribution in [0.15, 0.2) is 18.2 Å². The molecule has 0 aliphatic heterocycles. The number of fused-ring (bicyclic) bond motifs is 2. The molecule has 0 radical (unpaired) electrons. The second kappa shape index (κ2) is 4.14. The molecule has 0 saturated carbocycles. The van der Waals surface area contributed by atoms with Gasteiger partial charge in [0, 0.05) is 22.3 Å². The van der Waals surface area contributed by atoms with E-state index in [0.717, 1.165) is 47.2 Å². The number of nitrogens with two attached hydrogens (primary N) is 1. The molecule has 94 valence electrons. The zero-order chi connectivity index (χ0) is 12.7. The van der Waals surface area contributed by atoms with E-state index in [4.69, 9.17) is 10.5 Å². The third-order valence-corrected chi connectivity index (χ3v) is 3.57. The number of benzene rings is 1. The Labute approximate surface area is 105 Å². The Morgan fingerprint density at radius 3 is 3.06 bits per heavy atom. The van der Waals surface area contributed by atoms with E-state index in [1.165, 1.54) is 0 Å². The summed E-state index contributed by atoms with van der Waals surface area (Å²) in [5.74, 6) is 0.751. The van der Waals surface area contributed by atoms with Gasteiger partial charge in [-0.05, 0) is 37.5 Å². The Kier molecular flexibility index (Phi) is 2.59. The number of ether oxygens (including phenoxy) is 1. The van der Waals surface area contributed by atoms with Crippen molar-refractivity contribution >= 4 is 16.6 Å². The first-order valence-corrected chi connectivity index (χ1v) is 6.14. The van der Waals surface area contributed by atoms with Gasteiger partial charge in [-0.15, -0.1) is 0 Å². The fraction of sp³-hybridized carbons (Fsp3) is 0.357. The molecule has 4 nitrogen and oxygen atoms in total. The Bertz CT molecular complexity index is 610. The van der Waals surface area contributed by atoms with Gasteiger partial charge in [-0.3, -0.25) is 4.98 Å². The SMILES string of the molecule is COc1ccc2nc3c(c(N)c2c1)C(O)CCC3. The van der Waals surface area contributed by atoms with Gasteiger partial charge >= 0.3 is 0 Å². The summed E-state index contributed by atoms with van der Waals surface area (Å²) in [5.41, 5.74) is 9.44. The van der Waals surface area contributed by atoms with Crippen molar-refractivity contribution in [3.05, 3.63) is 29.5 Å². The lowest BCUT2D eigenvalue weighted by molar-refractivity contribution is 0.156. The van der Waals surface area contributed by atoms with Crippen molar-refractivity contribution in [1.29, 1.82) is 0 Å². The number of pyridine rings is 1. The molecule has 1 atom stereocenters. The van der Waals surface area contributed by atoms with Crippen molar-refractivity contribution in [2.24, 2.45) is 0 Å². The topological polar surface area (TPSA) is 68.4 Å². The van der Waals surface area contributed by atoms with E-state index in [1.54, 1.807) is 7.11 Å². The highest BCUT2D eigenvalue weighted by atomic mass is 16.5. The molecule has 0 bridgehead atoms. The molecule has 3 N–H and O–H groups in total. The summed E-state index contributed by atoms with van der Waals surface area (Å²) in [4.78, 5) is 4.61. The van der Waals surface area contributed by atoms with Crippen LogP contribution in [0.3, 0.4) is 0 Å². The van der Waals surface area contributed by atoms with E-state index in [9.17, 15) is 5.11 Å². The zero-order valence-electron chi connectivity index (χ0n) is 10.3. The Hall–Kier alpha value is -1.81. The molecule has 2 aromatic rings. The minimum atomic E-state index is -0.489. The van der Waals surface area contributed by atoms with Crippen LogP contribution in [-0.2, 0) is 6.42 Å². The average Bonchev–Trinajstić information content (AvgIpc) is 2.38. The van der Waals surface area contributed by atoms with Crippen LogP contribution in [0.1, 0.15) is 30.2 Å². The summed E-state index contributed by atoms with van der Waals surface area (Å²) in [6, 6.07) is 5.66. The maximum absolute atomic E-state index is 10.1. The molecule has 0 saturated heterocycles. The normalized spacial score (nSPS) is 18.7. The summed E-state index contributed by atoms with van der Waals surface area (Å²) in [7, 11) is 1.62. The molecule has 4 heteroatoms. The molecule has 18 heavy (non-hydrogen) atoms. The quantitative estimate of drug-likeness (QED) is 0.807. The number of hydrogen-bond acceptors (Lipinski definition) is 4. The van der Waals surface area contributed by atoms with E-state index in [0.29, 0.717) is 5.69 Å². The first-order valence-electron chi connectivity index (χ1n) is 6.14. The molecule has 3 rings (SSSR count). The Morgan fingerprint density at radius 1 is 1.44 bits per heavy atom. The van der Waals surface area contributed by atoms with Gasteiger partial charge in [-0.2, -0.15) is 0 Å². The molecule has 1 unspecified atom stereocenters. The van der Waals surface area contributed by atoms with Crippen LogP contribution < -0.4 is 10.5 Å². The standard InChI is InChI=1S/C14H16N2O2/c1-18-8-5-6-10-9(7-8)14(15)13-11(16-10)3-2-4-12(13)17/h5-7,12,17H,2-4H2,1H3,(H2,15,16). The summed E-state index contributed by atoms with van der Waals surface area (Å²) in [6.07, 6.45) is 2.12. The van der Waals surface area contributed by atoms with Crippen LogP contribution >= 0.6 is 0 Å². The van der Waals surface area contributed by atoms with Gasteiger partial charge in [0.2, 0.25) is 0 Å². The van der Waals surface area contributed by atoms with Crippen LogP contribution in [0, 0.1) is 0 Å². The largest absolute Gasteiger partial charge is 0.497 e. The Balaban J connectivity index is 2.30. The van der Waals surface area contributed by atoms with E-state index in [2.05, 4.69) is 4.98 Å². The predicted molar refractivity (Wildman–Crippen MR) is 70.6 cm³/mol. The van der Waals surface area contributed by atoms with Crippen LogP contribution in [0.2, 0.25) is 0 Å². The maximum Gasteiger partial charge on any atom is 0.119 e. The maximum atomic E-state index is 10.1. The van der Waals surface area contributed by atoms with Gasteiger partial charge in [0.25, 0.3) is 0 Å². The number of methoxy groups -OCH3 is 1. The van der Waals surface area contributed by atoms with E-state index < -0.39 is 6.10 Å². The van der Waals surface area contributed by atoms with Crippen LogP contribution in [-0.4, -0.2) is 17.2 Å². The molecule has 1 aliphatic carbocycles. The smallest absolute Gasteiger partial charge is 0.119 e. The van der Waals surface area contributed by atoms with Gasteiger partial charge in [-0.1, -0.05) is 0 Å². The lowest BCUT2D eigenvalue weighted by Gasteiger charge is -2.23. The fourth-order valence-electron chi connectivity index (χ4n) is 2.63. The lowest BCUT2D eigenvalue weighted by atomic mass is 9.90. The highest BCUT2D eigenvalue weighted by Crippen LogP contribution is 2.37. The highest BCUT2D eigenvalue weighted by molar-refractivity contribution is 5.93. The predicted octanol–water partition coefficient (Wildman–Crippen LogP) is 2.20. The summed E-state index contributed by atoms with van der Waals surface area (Å²) in [5, 5.41) is 10.9. The van der Waals surface area contributed by atoms with Crippen molar-refractivity contribution in [2.75, 3.05) is 12.8 Å². The summed E-state index contributed by atoms with van der Waals surface area (Å²) in [6.45, 7) is 0. The molecule has 1 aromatic heterocycles. The third kappa shape index (κ3) is 1.61. The van der Waals surface area contributed by atoms with E-state index >= 15 is 0 Å². The molecule has 1 heterocycles. The molecule has 0 spiro atoms. The minimum Gasteiger partial charge on any atom is -0.497 e. The summed E-state index contributed by atoms with van der Waals surface area (Å²) < 4.78 is 5.20. The second-order valence-electron chi connectivity index (χ2n) is 4.68. The number of hydrogen-bond donors (Lipinski definition) is 2. The summed E-state index contributed by atoms with van der Waals surface area (Å²) >= 11 is 0. The lowest BCUT2D eigenvalue weighted by Crippen LogP contribution is -2.14. The van der Waals surface area contributed by atoms with Crippen LogP contribution in [0.25, 0.3) is 10.9 Å². The monoisotopic (exact) mass is 244 g/mol. The number of nitrogen functional groups attached to an aromatic ring is 1. The van der Waals surface area contributed by atoms with E-state index in [1.807, 2.05) is 18.2 Å². The van der Waals surface area contributed by atoms with Gasteiger partial charge in [0.1, 0.15) is 5.75 Å². The van der Waals surface area contributed by atoms with Crippen molar-refractivity contribution < 1.29 is 9.84 Å². The number of aliphatic hydroxyl groups excluding tert-OH is 1.